The average Bonchev–Trinajstić information content (AvgIpc) is 1.39. The molecule has 0 rings (SSSR count). The van der Waals surface area contributed by atoms with Crippen LogP contribution in [0.5, 0.6) is 0 Å². The predicted molar refractivity (Wildman–Crippen MR) is 29.2 cm³/mol. The Morgan fingerprint density at radius 3 is 1.50 bits per heavy atom. The first kappa shape index (κ1) is 9.50. The number of carbonyl (C=O) groups is 1. The van der Waals surface area contributed by atoms with E-state index in [9.17, 15) is 0 Å². The fraction of sp³-hybridized carbons (Fsp3) is 0.750. The molecule has 0 aliphatic carbocycles. The summed E-state index contributed by atoms with van der Waals surface area (Å²) in [4.78, 5) is 8.81. The fourth-order valence-corrected chi connectivity index (χ4v) is 0. The van der Waals surface area contributed by atoms with Gasteiger partial charge < -0.3 is 4.79 Å². The minimum absolute atomic E-state index is 0.750. The van der Waals surface area contributed by atoms with Crippen molar-refractivity contribution in [2.24, 2.45) is 0 Å². The molecule has 0 aliphatic rings. The molecule has 0 saturated carbocycles. The van der Waals surface area contributed by atoms with Crippen molar-refractivity contribution in [3.63, 3.8) is 0 Å². The molecule has 38 valence electrons. The molecule has 0 heterocycles. The van der Waals surface area contributed by atoms with E-state index in [0.29, 0.717) is 0 Å². The third-order valence-corrected chi connectivity index (χ3v) is 0. The summed E-state index contributed by atoms with van der Waals surface area (Å²) < 4.78 is 0. The van der Waals surface area contributed by atoms with E-state index in [-0.39, 0.29) is 0 Å². The zero-order valence-electron chi connectivity index (χ0n) is 4.39. The summed E-state index contributed by atoms with van der Waals surface area (Å²) in [5.74, 6) is 4.38. The maximum atomic E-state index is 8.81. The van der Waals surface area contributed by atoms with Gasteiger partial charge in [0, 0.05) is 0 Å². The Hall–Kier alpha value is 0.189. The molecule has 0 radical (unpaired) electrons. The first-order valence-electron chi connectivity index (χ1n) is 1.63. The van der Waals surface area contributed by atoms with E-state index in [1.54, 1.807) is 0 Å². The maximum absolute atomic E-state index is 8.81. The molecule has 0 amide bonds. The van der Waals surface area contributed by atoms with Gasteiger partial charge in [0.05, 0.1) is 0 Å². The summed E-state index contributed by atoms with van der Waals surface area (Å²) in [5.41, 5.74) is 0. The number of carbonyl (C=O) groups excluding carboxylic acids is 1. The van der Waals surface area contributed by atoms with E-state index in [2.05, 4.69) is 11.6 Å². The van der Waals surface area contributed by atoms with Crippen molar-refractivity contribution >= 4 is 21.2 Å². The SMILES string of the molecule is CC=O.C[Se]C. The number of aldehydes is 1. The summed E-state index contributed by atoms with van der Waals surface area (Å²) in [6.07, 6.45) is 0.750. The van der Waals surface area contributed by atoms with Crippen molar-refractivity contribution in [1.82, 2.24) is 0 Å². The zero-order chi connectivity index (χ0) is 5.41. The molecule has 0 atom stereocenters. The second-order valence-corrected chi connectivity index (χ2v) is 2.36. The van der Waals surface area contributed by atoms with E-state index >= 15 is 0 Å². The van der Waals surface area contributed by atoms with Crippen LogP contribution in [0, 0.1) is 0 Å². The van der Waals surface area contributed by atoms with Crippen LogP contribution >= 0.6 is 0 Å². The van der Waals surface area contributed by atoms with Crippen LogP contribution in [0.1, 0.15) is 6.92 Å². The van der Waals surface area contributed by atoms with Gasteiger partial charge in [-0.15, -0.1) is 0 Å². The third-order valence-electron chi connectivity index (χ3n) is 0. The Balaban J connectivity index is 0. The van der Waals surface area contributed by atoms with Gasteiger partial charge in [0.25, 0.3) is 0 Å². The molecule has 0 aromatic rings. The molecule has 0 spiro atoms. The van der Waals surface area contributed by atoms with Crippen molar-refractivity contribution in [3.05, 3.63) is 0 Å². The summed E-state index contributed by atoms with van der Waals surface area (Å²) in [7, 11) is 0. The van der Waals surface area contributed by atoms with Gasteiger partial charge in [-0.3, -0.25) is 0 Å². The van der Waals surface area contributed by atoms with Crippen LogP contribution in [0.15, 0.2) is 0 Å². The van der Waals surface area contributed by atoms with Crippen LogP contribution in [0.2, 0.25) is 11.6 Å². The molecular formula is C4H10OSe. The molecule has 0 aromatic carbocycles. The summed E-state index contributed by atoms with van der Waals surface area (Å²) in [6.45, 7) is 1.44. The first-order chi connectivity index (χ1) is 2.83. The predicted octanol–water partition coefficient (Wildman–Crippen LogP) is 0.992. The summed E-state index contributed by atoms with van der Waals surface area (Å²) in [6, 6.07) is 0. The van der Waals surface area contributed by atoms with Crippen LogP contribution in [0.4, 0.5) is 0 Å². The zero-order valence-corrected chi connectivity index (χ0v) is 6.11. The van der Waals surface area contributed by atoms with Gasteiger partial charge in [-0.25, -0.2) is 0 Å². The van der Waals surface area contributed by atoms with Gasteiger partial charge in [0.15, 0.2) is 0 Å². The van der Waals surface area contributed by atoms with E-state index in [1.165, 1.54) is 6.92 Å². The van der Waals surface area contributed by atoms with Gasteiger partial charge in [0.2, 0.25) is 0 Å². The molecule has 0 aromatic heterocycles. The molecule has 1 nitrogen and oxygen atoms in total. The van der Waals surface area contributed by atoms with Crippen LogP contribution in [-0.2, 0) is 4.79 Å². The number of hydrogen-bond acceptors (Lipinski definition) is 1. The van der Waals surface area contributed by atoms with Crippen molar-refractivity contribution in [2.45, 2.75) is 18.6 Å². The molecule has 0 N–H and O–H groups in total. The van der Waals surface area contributed by atoms with Crippen molar-refractivity contribution in [3.8, 4) is 0 Å². The van der Waals surface area contributed by atoms with Crippen LogP contribution < -0.4 is 0 Å². The quantitative estimate of drug-likeness (QED) is 0.374. The molecule has 2 heteroatoms. The Morgan fingerprint density at radius 2 is 1.50 bits per heavy atom. The van der Waals surface area contributed by atoms with Crippen molar-refractivity contribution in [1.29, 1.82) is 0 Å². The minimum atomic E-state index is 0.750. The molecular weight excluding hydrogens is 143 g/mol. The average molecular weight is 153 g/mol. The Labute approximate surface area is 45.3 Å². The van der Waals surface area contributed by atoms with Crippen LogP contribution in [-0.4, -0.2) is 21.2 Å². The van der Waals surface area contributed by atoms with E-state index in [4.69, 9.17) is 4.79 Å². The third kappa shape index (κ3) is 1190. The molecule has 0 saturated heterocycles. The first-order valence-corrected chi connectivity index (χ1v) is 5.06. The molecule has 0 fully saturated rings. The summed E-state index contributed by atoms with van der Waals surface area (Å²) in [5, 5.41) is 0. The molecule has 6 heavy (non-hydrogen) atoms. The molecule has 0 aliphatic heterocycles. The summed E-state index contributed by atoms with van der Waals surface area (Å²) >= 11 is 0.875. The van der Waals surface area contributed by atoms with Crippen LogP contribution in [0.3, 0.4) is 0 Å². The molecule has 0 unspecified atom stereocenters. The van der Waals surface area contributed by atoms with E-state index in [1.807, 2.05) is 0 Å². The van der Waals surface area contributed by atoms with Crippen LogP contribution in [0.25, 0.3) is 0 Å². The van der Waals surface area contributed by atoms with Crippen molar-refractivity contribution < 1.29 is 4.79 Å². The fourth-order valence-electron chi connectivity index (χ4n) is 0. The number of hydrogen-bond donors (Lipinski definition) is 0. The van der Waals surface area contributed by atoms with Gasteiger partial charge >= 0.3 is 26.6 Å². The Bertz CT molecular complexity index is 21.5. The van der Waals surface area contributed by atoms with E-state index in [0.717, 1.165) is 21.2 Å². The van der Waals surface area contributed by atoms with E-state index < -0.39 is 0 Å². The second kappa shape index (κ2) is 19.0. The standard InChI is InChI=1S/C2H4O.C2H6Se/c1-2-3;1-3-2/h2H,1H3;1-2H3. The van der Waals surface area contributed by atoms with Crippen molar-refractivity contribution in [2.75, 3.05) is 0 Å². The normalized spacial score (nSPS) is 5.17. The van der Waals surface area contributed by atoms with Gasteiger partial charge in [-0.05, 0) is 6.92 Å². The van der Waals surface area contributed by atoms with Gasteiger partial charge in [-0.1, -0.05) is 0 Å². The number of rotatable bonds is 0. The Morgan fingerprint density at radius 1 is 1.50 bits per heavy atom. The van der Waals surface area contributed by atoms with Gasteiger partial charge in [0.1, 0.15) is 6.29 Å². The Kier molecular flexibility index (Phi) is 30.1. The van der Waals surface area contributed by atoms with Gasteiger partial charge in [-0.2, -0.15) is 0 Å². The molecule has 0 bridgehead atoms. The topological polar surface area (TPSA) is 17.1 Å². The second-order valence-electron chi connectivity index (χ2n) is 0.644. The monoisotopic (exact) mass is 154 g/mol.